The Bertz CT molecular complexity index is 631. The second kappa shape index (κ2) is 6.37. The molecule has 2 atom stereocenters. The Kier molecular flexibility index (Phi) is 4.29. The van der Waals surface area contributed by atoms with Gasteiger partial charge in [-0.1, -0.05) is 18.2 Å². The van der Waals surface area contributed by atoms with Crippen LogP contribution in [-0.2, 0) is 14.3 Å². The molecule has 23 heavy (non-hydrogen) atoms. The molecule has 0 bridgehead atoms. The van der Waals surface area contributed by atoms with Crippen LogP contribution in [0.5, 0.6) is 0 Å². The Morgan fingerprint density at radius 2 is 2.04 bits per heavy atom. The summed E-state index contributed by atoms with van der Waals surface area (Å²) in [6.07, 6.45) is 0.237. The molecule has 2 amide bonds. The molecule has 0 saturated carbocycles. The van der Waals surface area contributed by atoms with E-state index < -0.39 is 11.9 Å². The average Bonchev–Trinajstić information content (AvgIpc) is 3.00. The zero-order chi connectivity index (χ0) is 16.4. The molecule has 2 aliphatic heterocycles. The lowest BCUT2D eigenvalue weighted by atomic mass is 10.1. The van der Waals surface area contributed by atoms with Gasteiger partial charge in [0.25, 0.3) is 5.91 Å². The van der Waals surface area contributed by atoms with E-state index in [0.29, 0.717) is 25.4 Å². The summed E-state index contributed by atoms with van der Waals surface area (Å²) in [7, 11) is 0. The summed E-state index contributed by atoms with van der Waals surface area (Å²) in [5.41, 5.74) is 6.60. The summed E-state index contributed by atoms with van der Waals surface area (Å²) in [4.78, 5) is 26.1. The molecule has 2 aliphatic rings. The number of carbonyl (C=O) groups excluding carboxylic acids is 2. The van der Waals surface area contributed by atoms with Gasteiger partial charge in [0.05, 0.1) is 18.4 Å². The number of hydrogen-bond donors (Lipinski definition) is 1. The molecule has 122 valence electrons. The van der Waals surface area contributed by atoms with E-state index in [1.54, 1.807) is 9.91 Å². The van der Waals surface area contributed by atoms with Crippen molar-refractivity contribution < 1.29 is 14.3 Å². The maximum absolute atomic E-state index is 12.7. The zero-order valence-corrected chi connectivity index (χ0v) is 13.0. The van der Waals surface area contributed by atoms with Gasteiger partial charge >= 0.3 is 0 Å². The van der Waals surface area contributed by atoms with Gasteiger partial charge < -0.3 is 15.4 Å². The minimum atomic E-state index is -0.630. The summed E-state index contributed by atoms with van der Waals surface area (Å²) in [5, 5.41) is 5.92. The maximum Gasteiger partial charge on any atom is 0.270 e. The van der Waals surface area contributed by atoms with Crippen LogP contribution in [0, 0.1) is 0 Å². The number of nitrogens with zero attached hydrogens (tertiary/aromatic N) is 3. The first kappa shape index (κ1) is 15.5. The lowest BCUT2D eigenvalue weighted by Crippen LogP contribution is -2.47. The first-order valence-corrected chi connectivity index (χ1v) is 7.68. The van der Waals surface area contributed by atoms with Crippen LogP contribution in [-0.4, -0.2) is 54.3 Å². The van der Waals surface area contributed by atoms with Crippen molar-refractivity contribution >= 4 is 23.2 Å². The molecule has 0 spiro atoms. The highest BCUT2D eigenvalue weighted by Gasteiger charge is 2.37. The maximum atomic E-state index is 12.7. The molecular weight excluding hydrogens is 296 g/mol. The molecular formula is C16H20N4O3. The largest absolute Gasteiger partial charge is 0.375 e. The van der Waals surface area contributed by atoms with Gasteiger partial charge in [-0.05, 0) is 19.1 Å². The molecule has 2 N–H and O–H groups in total. The molecule has 0 aliphatic carbocycles. The number of hydrogen-bond acceptors (Lipinski definition) is 5. The number of hydrazone groups is 1. The molecule has 1 fully saturated rings. The first-order chi connectivity index (χ1) is 11.1. The van der Waals surface area contributed by atoms with Gasteiger partial charge in [0.2, 0.25) is 5.91 Å². The van der Waals surface area contributed by atoms with E-state index in [-0.39, 0.29) is 18.4 Å². The molecule has 1 aromatic carbocycles. The number of benzene rings is 1. The molecule has 1 saturated heterocycles. The Balaban J connectivity index is 1.82. The molecule has 7 heteroatoms. The van der Waals surface area contributed by atoms with Gasteiger partial charge in [0.15, 0.2) is 0 Å². The fourth-order valence-electron chi connectivity index (χ4n) is 2.87. The standard InChI is InChI=1S/C16H20N4O3/c1-11-10-19(7-8-23-11)16(22)13-9-14(15(17)21)20(18-13)12-5-3-2-4-6-12/h2-6,11,14H,7-10H2,1H3,(H2,17,21)/t11-,14+/m0/s1. The Morgan fingerprint density at radius 1 is 1.30 bits per heavy atom. The van der Waals surface area contributed by atoms with Gasteiger partial charge in [-0.3, -0.25) is 14.6 Å². The third-order valence-corrected chi connectivity index (χ3v) is 4.03. The summed E-state index contributed by atoms with van der Waals surface area (Å²) in [6, 6.07) is 8.63. The molecule has 0 aromatic heterocycles. The minimum Gasteiger partial charge on any atom is -0.375 e. The Hall–Kier alpha value is -2.41. The second-order valence-corrected chi connectivity index (χ2v) is 5.78. The van der Waals surface area contributed by atoms with E-state index in [2.05, 4.69) is 5.10 Å². The number of rotatable bonds is 3. The van der Waals surface area contributed by atoms with Crippen LogP contribution in [0.3, 0.4) is 0 Å². The van der Waals surface area contributed by atoms with E-state index in [0.717, 1.165) is 5.69 Å². The molecule has 0 unspecified atom stereocenters. The highest BCUT2D eigenvalue weighted by Crippen LogP contribution is 2.25. The van der Waals surface area contributed by atoms with E-state index in [1.807, 2.05) is 37.3 Å². The number of anilines is 1. The van der Waals surface area contributed by atoms with Gasteiger partial charge in [0, 0.05) is 19.5 Å². The normalized spacial score (nSPS) is 24.5. The molecule has 0 radical (unpaired) electrons. The van der Waals surface area contributed by atoms with Crippen LogP contribution in [0.4, 0.5) is 5.69 Å². The smallest absolute Gasteiger partial charge is 0.270 e. The van der Waals surface area contributed by atoms with Crippen molar-refractivity contribution in [2.45, 2.75) is 25.5 Å². The third kappa shape index (κ3) is 3.19. The van der Waals surface area contributed by atoms with E-state index in [9.17, 15) is 9.59 Å². The van der Waals surface area contributed by atoms with Crippen LogP contribution < -0.4 is 10.7 Å². The number of carbonyl (C=O) groups is 2. The summed E-state index contributed by atoms with van der Waals surface area (Å²) >= 11 is 0. The van der Waals surface area contributed by atoms with Crippen molar-refractivity contribution in [1.29, 1.82) is 0 Å². The highest BCUT2D eigenvalue weighted by molar-refractivity contribution is 6.40. The van der Waals surface area contributed by atoms with Crippen molar-refractivity contribution in [3.05, 3.63) is 30.3 Å². The topological polar surface area (TPSA) is 88.2 Å². The Labute approximate surface area is 134 Å². The van der Waals surface area contributed by atoms with Gasteiger partial charge in [-0.2, -0.15) is 5.10 Å². The molecule has 1 aromatic rings. The second-order valence-electron chi connectivity index (χ2n) is 5.78. The number of primary amides is 1. The number of ether oxygens (including phenoxy) is 1. The zero-order valence-electron chi connectivity index (χ0n) is 13.0. The minimum absolute atomic E-state index is 0.00636. The highest BCUT2D eigenvalue weighted by atomic mass is 16.5. The quantitative estimate of drug-likeness (QED) is 0.872. The molecule has 7 nitrogen and oxygen atoms in total. The number of morpholine rings is 1. The monoisotopic (exact) mass is 316 g/mol. The molecule has 2 heterocycles. The molecule has 3 rings (SSSR count). The van der Waals surface area contributed by atoms with Crippen molar-refractivity contribution in [3.8, 4) is 0 Å². The van der Waals surface area contributed by atoms with Crippen molar-refractivity contribution in [2.24, 2.45) is 10.8 Å². The fourth-order valence-corrected chi connectivity index (χ4v) is 2.87. The van der Waals surface area contributed by atoms with Gasteiger partial charge in [-0.25, -0.2) is 0 Å². The number of amides is 2. The van der Waals surface area contributed by atoms with E-state index >= 15 is 0 Å². The third-order valence-electron chi connectivity index (χ3n) is 4.03. The van der Waals surface area contributed by atoms with Crippen LogP contribution in [0.2, 0.25) is 0 Å². The predicted octanol–water partition coefficient (Wildman–Crippen LogP) is 0.354. The average molecular weight is 316 g/mol. The summed E-state index contributed by atoms with van der Waals surface area (Å²) in [6.45, 7) is 3.51. The van der Waals surface area contributed by atoms with Crippen LogP contribution in [0.25, 0.3) is 0 Å². The lowest BCUT2D eigenvalue weighted by Gasteiger charge is -2.30. The lowest BCUT2D eigenvalue weighted by molar-refractivity contribution is -0.130. The van der Waals surface area contributed by atoms with E-state index in [1.165, 1.54) is 0 Å². The predicted molar refractivity (Wildman–Crippen MR) is 85.9 cm³/mol. The van der Waals surface area contributed by atoms with Crippen molar-refractivity contribution in [3.63, 3.8) is 0 Å². The Morgan fingerprint density at radius 3 is 2.70 bits per heavy atom. The van der Waals surface area contributed by atoms with Crippen LogP contribution in [0.15, 0.2) is 35.4 Å². The first-order valence-electron chi connectivity index (χ1n) is 7.68. The van der Waals surface area contributed by atoms with Crippen LogP contribution >= 0.6 is 0 Å². The number of para-hydroxylation sites is 1. The van der Waals surface area contributed by atoms with Crippen molar-refractivity contribution in [1.82, 2.24) is 4.90 Å². The summed E-state index contributed by atoms with van der Waals surface area (Å²) < 4.78 is 5.45. The van der Waals surface area contributed by atoms with E-state index in [4.69, 9.17) is 10.5 Å². The van der Waals surface area contributed by atoms with Gasteiger partial charge in [0.1, 0.15) is 11.8 Å². The SMILES string of the molecule is C[C@H]1CN(C(=O)C2=NN(c3ccccc3)[C@@H](C(N)=O)C2)CCO1. The fraction of sp³-hybridized carbons (Fsp3) is 0.438. The summed E-state index contributed by atoms with van der Waals surface area (Å²) in [5.74, 6) is -0.638. The van der Waals surface area contributed by atoms with Gasteiger partial charge in [-0.15, -0.1) is 0 Å². The van der Waals surface area contributed by atoms with Crippen LogP contribution in [0.1, 0.15) is 13.3 Å². The van der Waals surface area contributed by atoms with Crippen molar-refractivity contribution in [2.75, 3.05) is 24.7 Å². The number of nitrogens with two attached hydrogens (primary N) is 1.